The number of nitrogens with one attached hydrogen (secondary N) is 1. The fourth-order valence-electron chi connectivity index (χ4n) is 3.67. The highest BCUT2D eigenvalue weighted by Gasteiger charge is 2.39. The van der Waals surface area contributed by atoms with E-state index in [1.54, 1.807) is 0 Å². The summed E-state index contributed by atoms with van der Waals surface area (Å²) in [6, 6.07) is 5.50. The Hall–Kier alpha value is -1.88. The summed E-state index contributed by atoms with van der Waals surface area (Å²) in [5.41, 5.74) is 2.34. The summed E-state index contributed by atoms with van der Waals surface area (Å²) in [7, 11) is 0. The Labute approximate surface area is 156 Å². The molecule has 1 saturated heterocycles. The summed E-state index contributed by atoms with van der Waals surface area (Å²) in [5, 5.41) is 2.80. The van der Waals surface area contributed by atoms with E-state index in [0.717, 1.165) is 30.5 Å². The van der Waals surface area contributed by atoms with Gasteiger partial charge in [0.15, 0.2) is 0 Å². The standard InChI is InChI=1S/C21H30N2O3/c1-4-5-6-18-12-23(13-20(26-18)16-7-8-16)21(25)17-9-10-19(14(2)11-17)22-15(3)24/h9-11,16,18,20H,4-8,12-13H2,1-3H3,(H,22,24)/t18-,20-/m1/s1. The molecule has 5 heteroatoms. The number of hydrogen-bond acceptors (Lipinski definition) is 3. The second kappa shape index (κ2) is 8.21. The molecule has 3 rings (SSSR count). The predicted octanol–water partition coefficient (Wildman–Crippen LogP) is 3.76. The van der Waals surface area contributed by atoms with Crippen LogP contribution >= 0.6 is 0 Å². The molecule has 1 heterocycles. The Morgan fingerprint density at radius 2 is 2.04 bits per heavy atom. The zero-order valence-corrected chi connectivity index (χ0v) is 16.1. The molecule has 1 aromatic carbocycles. The van der Waals surface area contributed by atoms with E-state index in [1.165, 1.54) is 19.8 Å². The number of amides is 2. The number of benzene rings is 1. The van der Waals surface area contributed by atoms with Crippen LogP contribution in [0, 0.1) is 12.8 Å². The van der Waals surface area contributed by atoms with Crippen LogP contribution in [0.4, 0.5) is 5.69 Å². The van der Waals surface area contributed by atoms with Crippen LogP contribution in [0.15, 0.2) is 18.2 Å². The SMILES string of the molecule is CCCC[C@@H]1CN(C(=O)c2ccc(NC(C)=O)c(C)c2)C[C@H](C2CC2)O1. The maximum atomic E-state index is 13.1. The van der Waals surface area contributed by atoms with E-state index < -0.39 is 0 Å². The molecule has 0 spiro atoms. The fraction of sp³-hybridized carbons (Fsp3) is 0.619. The maximum absolute atomic E-state index is 13.1. The minimum absolute atomic E-state index is 0.0675. The third-order valence-electron chi connectivity index (χ3n) is 5.29. The number of carbonyl (C=O) groups excluding carboxylic acids is 2. The van der Waals surface area contributed by atoms with Gasteiger partial charge in [-0.15, -0.1) is 0 Å². The second-order valence-electron chi connectivity index (χ2n) is 7.70. The molecule has 2 fully saturated rings. The Bertz CT molecular complexity index is 669. The number of aryl methyl sites for hydroxylation is 1. The van der Waals surface area contributed by atoms with Crippen LogP contribution in [0.25, 0.3) is 0 Å². The van der Waals surface area contributed by atoms with Crippen LogP contribution in [0.3, 0.4) is 0 Å². The molecule has 1 aliphatic heterocycles. The lowest BCUT2D eigenvalue weighted by Gasteiger charge is -2.38. The summed E-state index contributed by atoms with van der Waals surface area (Å²) in [6.07, 6.45) is 6.08. The third kappa shape index (κ3) is 4.64. The molecule has 0 radical (unpaired) electrons. The molecule has 0 aromatic heterocycles. The monoisotopic (exact) mass is 358 g/mol. The smallest absolute Gasteiger partial charge is 0.254 e. The van der Waals surface area contributed by atoms with Crippen molar-refractivity contribution in [3.05, 3.63) is 29.3 Å². The first-order valence-electron chi connectivity index (χ1n) is 9.81. The van der Waals surface area contributed by atoms with E-state index in [-0.39, 0.29) is 24.0 Å². The number of morpholine rings is 1. The van der Waals surface area contributed by atoms with E-state index in [9.17, 15) is 9.59 Å². The van der Waals surface area contributed by atoms with Crippen molar-refractivity contribution in [3.63, 3.8) is 0 Å². The van der Waals surface area contributed by atoms with Gasteiger partial charge in [-0.05, 0) is 55.9 Å². The van der Waals surface area contributed by atoms with E-state index in [4.69, 9.17) is 4.74 Å². The summed E-state index contributed by atoms with van der Waals surface area (Å²) in [6.45, 7) is 6.95. The molecule has 142 valence electrons. The van der Waals surface area contributed by atoms with Gasteiger partial charge in [0.2, 0.25) is 5.91 Å². The average Bonchev–Trinajstić information content (AvgIpc) is 3.45. The van der Waals surface area contributed by atoms with Crippen LogP contribution in [0.5, 0.6) is 0 Å². The number of nitrogens with zero attached hydrogens (tertiary/aromatic N) is 1. The number of hydrogen-bond donors (Lipinski definition) is 1. The van der Waals surface area contributed by atoms with Gasteiger partial charge in [-0.25, -0.2) is 0 Å². The molecule has 26 heavy (non-hydrogen) atoms. The molecule has 5 nitrogen and oxygen atoms in total. The number of anilines is 1. The Kier molecular flexibility index (Phi) is 5.97. The van der Waals surface area contributed by atoms with Crippen molar-refractivity contribution in [2.45, 2.75) is 65.1 Å². The number of rotatable bonds is 6. The first kappa shape index (κ1) is 18.9. The Balaban J connectivity index is 1.72. The molecular formula is C21H30N2O3. The number of carbonyl (C=O) groups is 2. The van der Waals surface area contributed by atoms with Crippen molar-refractivity contribution < 1.29 is 14.3 Å². The van der Waals surface area contributed by atoms with Gasteiger partial charge in [0.05, 0.1) is 12.2 Å². The van der Waals surface area contributed by atoms with Gasteiger partial charge >= 0.3 is 0 Å². The van der Waals surface area contributed by atoms with E-state index >= 15 is 0 Å². The largest absolute Gasteiger partial charge is 0.371 e. The van der Waals surface area contributed by atoms with Gasteiger partial charge in [0, 0.05) is 31.3 Å². The van der Waals surface area contributed by atoms with Crippen molar-refractivity contribution in [1.82, 2.24) is 4.90 Å². The quantitative estimate of drug-likeness (QED) is 0.842. The lowest BCUT2D eigenvalue weighted by atomic mass is 10.0. The van der Waals surface area contributed by atoms with Crippen LogP contribution < -0.4 is 5.32 Å². The fourth-order valence-corrected chi connectivity index (χ4v) is 3.67. The first-order chi connectivity index (χ1) is 12.5. The molecule has 0 bridgehead atoms. The van der Waals surface area contributed by atoms with Gasteiger partial charge in [0.25, 0.3) is 5.91 Å². The molecule has 1 aromatic rings. The van der Waals surface area contributed by atoms with Gasteiger partial charge in [-0.3, -0.25) is 9.59 Å². The predicted molar refractivity (Wildman–Crippen MR) is 102 cm³/mol. The van der Waals surface area contributed by atoms with Crippen molar-refractivity contribution in [2.24, 2.45) is 5.92 Å². The minimum Gasteiger partial charge on any atom is -0.371 e. The highest BCUT2D eigenvalue weighted by molar-refractivity contribution is 5.96. The van der Waals surface area contributed by atoms with Crippen molar-refractivity contribution in [1.29, 1.82) is 0 Å². The van der Waals surface area contributed by atoms with Gasteiger partial charge < -0.3 is 15.0 Å². The van der Waals surface area contributed by atoms with Crippen molar-refractivity contribution >= 4 is 17.5 Å². The number of unbranched alkanes of at least 4 members (excludes halogenated alkanes) is 1. The Morgan fingerprint density at radius 1 is 1.27 bits per heavy atom. The highest BCUT2D eigenvalue weighted by atomic mass is 16.5. The van der Waals surface area contributed by atoms with Gasteiger partial charge in [0.1, 0.15) is 0 Å². The molecular weight excluding hydrogens is 328 g/mol. The normalized spacial score (nSPS) is 23.0. The lowest BCUT2D eigenvalue weighted by molar-refractivity contribution is -0.114. The van der Waals surface area contributed by atoms with Crippen molar-refractivity contribution in [2.75, 3.05) is 18.4 Å². The first-order valence-corrected chi connectivity index (χ1v) is 9.81. The molecule has 2 aliphatic rings. The number of ether oxygens (including phenoxy) is 1. The lowest BCUT2D eigenvalue weighted by Crippen LogP contribution is -2.50. The van der Waals surface area contributed by atoms with Gasteiger partial charge in [-0.2, -0.15) is 0 Å². The summed E-state index contributed by atoms with van der Waals surface area (Å²) < 4.78 is 6.27. The van der Waals surface area contributed by atoms with Gasteiger partial charge in [-0.1, -0.05) is 19.8 Å². The van der Waals surface area contributed by atoms with Crippen LogP contribution in [-0.4, -0.2) is 42.0 Å². The van der Waals surface area contributed by atoms with E-state index in [1.807, 2.05) is 30.0 Å². The zero-order chi connectivity index (χ0) is 18.7. The molecule has 1 saturated carbocycles. The third-order valence-corrected chi connectivity index (χ3v) is 5.29. The molecule has 0 unspecified atom stereocenters. The average molecular weight is 358 g/mol. The minimum atomic E-state index is -0.105. The maximum Gasteiger partial charge on any atom is 0.254 e. The summed E-state index contributed by atoms with van der Waals surface area (Å²) in [5.74, 6) is 0.586. The van der Waals surface area contributed by atoms with E-state index in [2.05, 4.69) is 12.2 Å². The summed E-state index contributed by atoms with van der Waals surface area (Å²) >= 11 is 0. The van der Waals surface area contributed by atoms with Crippen molar-refractivity contribution in [3.8, 4) is 0 Å². The highest BCUT2D eigenvalue weighted by Crippen LogP contribution is 2.37. The van der Waals surface area contributed by atoms with E-state index in [0.29, 0.717) is 24.6 Å². The molecule has 1 aliphatic carbocycles. The summed E-state index contributed by atoms with van der Waals surface area (Å²) in [4.78, 5) is 26.3. The van der Waals surface area contributed by atoms with Crippen LogP contribution in [0.2, 0.25) is 0 Å². The zero-order valence-electron chi connectivity index (χ0n) is 16.1. The Morgan fingerprint density at radius 3 is 2.65 bits per heavy atom. The topological polar surface area (TPSA) is 58.6 Å². The van der Waals surface area contributed by atoms with Crippen LogP contribution in [0.1, 0.15) is 61.9 Å². The molecule has 1 N–H and O–H groups in total. The molecule has 2 amide bonds. The molecule has 2 atom stereocenters. The second-order valence-corrected chi connectivity index (χ2v) is 7.70. The van der Waals surface area contributed by atoms with Crippen LogP contribution in [-0.2, 0) is 9.53 Å².